The molecule has 24 heteroatoms. The largest absolute Gasteiger partial charge is 0.472 e. The summed E-state index contributed by atoms with van der Waals surface area (Å²) in [5.74, 6) is -1.23. The molecule has 8 rings (SSSR count). The summed E-state index contributed by atoms with van der Waals surface area (Å²) in [5, 5.41) is 21.0. The molecule has 2 aliphatic carbocycles. The zero-order valence-corrected chi connectivity index (χ0v) is 26.6. The average Bonchev–Trinajstić information content (AvgIpc) is 3.25. The number of phosphoric acid groups is 1. The lowest BCUT2D eigenvalue weighted by atomic mass is 10.0. The molecule has 9 N–H and O–H groups in total. The molecular formula is C22H26N10O10P2S2. The van der Waals surface area contributed by atoms with Crippen LogP contribution in [0.15, 0.2) is 23.8 Å². The lowest BCUT2D eigenvalue weighted by Gasteiger charge is -2.31. The molecule has 46 heavy (non-hydrogen) atoms. The summed E-state index contributed by atoms with van der Waals surface area (Å²) in [7, 11) is -4.93. The number of rotatable bonds is 2. The highest BCUT2D eigenvalue weighted by molar-refractivity contribution is 8.07. The zero-order chi connectivity index (χ0) is 32.3. The van der Waals surface area contributed by atoms with Crippen LogP contribution in [0.25, 0.3) is 22.3 Å². The van der Waals surface area contributed by atoms with Gasteiger partial charge in [-0.2, -0.15) is 4.98 Å². The second-order valence-corrected chi connectivity index (χ2v) is 17.0. The first-order valence-electron chi connectivity index (χ1n) is 13.8. The molecule has 2 bridgehead atoms. The Kier molecular flexibility index (Phi) is 6.98. The first-order valence-corrected chi connectivity index (χ1v) is 18.8. The summed E-state index contributed by atoms with van der Waals surface area (Å²) in [6, 6.07) is 0. The number of nitrogens with two attached hydrogens (primary N) is 2. The Labute approximate surface area is 266 Å². The number of hydrogen-bond acceptors (Lipinski definition) is 17. The maximum absolute atomic E-state index is 13.4. The molecule has 3 unspecified atom stereocenters. The number of aromatic amines is 1. The minimum Gasteiger partial charge on any atom is -0.389 e. The van der Waals surface area contributed by atoms with E-state index in [-0.39, 0.29) is 29.5 Å². The molecule has 0 aromatic carbocycles. The molecule has 0 radical (unpaired) electrons. The van der Waals surface area contributed by atoms with Gasteiger partial charge < -0.3 is 45.1 Å². The van der Waals surface area contributed by atoms with E-state index in [4.69, 9.17) is 41.4 Å². The van der Waals surface area contributed by atoms with Crippen molar-refractivity contribution in [1.29, 1.82) is 0 Å². The van der Waals surface area contributed by atoms with E-state index in [0.717, 1.165) is 11.8 Å². The molecule has 2 saturated heterocycles. The van der Waals surface area contributed by atoms with Gasteiger partial charge in [0, 0.05) is 5.92 Å². The number of imidazole rings is 2. The molecule has 2 aliphatic heterocycles. The van der Waals surface area contributed by atoms with Gasteiger partial charge in [-0.3, -0.25) is 23.4 Å². The zero-order valence-electron chi connectivity index (χ0n) is 23.2. The van der Waals surface area contributed by atoms with E-state index >= 15 is 0 Å². The second kappa shape index (κ2) is 10.5. The van der Waals surface area contributed by atoms with Gasteiger partial charge in [0.05, 0.1) is 42.8 Å². The molecule has 0 amide bonds. The van der Waals surface area contributed by atoms with Crippen molar-refractivity contribution in [3.8, 4) is 0 Å². The highest BCUT2D eigenvalue weighted by Gasteiger charge is 2.74. The lowest BCUT2D eigenvalue weighted by Crippen LogP contribution is -2.40. The summed E-state index contributed by atoms with van der Waals surface area (Å²) in [4.78, 5) is 57.5. The Morgan fingerprint density at radius 1 is 1.04 bits per heavy atom. The van der Waals surface area contributed by atoms with Crippen molar-refractivity contribution in [3.63, 3.8) is 0 Å². The monoisotopic (exact) mass is 716 g/mol. The van der Waals surface area contributed by atoms with Crippen molar-refractivity contribution in [2.24, 2.45) is 11.8 Å². The Bertz CT molecular complexity index is 2050. The summed E-state index contributed by atoms with van der Waals surface area (Å²) < 4.78 is 39.1. The Morgan fingerprint density at radius 2 is 1.83 bits per heavy atom. The number of H-pyrrole nitrogens is 1. The molecule has 4 aliphatic rings. The summed E-state index contributed by atoms with van der Waals surface area (Å²) in [5.41, 5.74) is 10.7. The maximum atomic E-state index is 13.4. The molecule has 6 heterocycles. The van der Waals surface area contributed by atoms with Crippen LogP contribution >= 0.6 is 26.3 Å². The number of aromatic nitrogens is 8. The van der Waals surface area contributed by atoms with E-state index in [1.807, 2.05) is 0 Å². The number of fused-ring (bicyclic) bond motifs is 7. The summed E-state index contributed by atoms with van der Waals surface area (Å²) in [6.07, 6.45) is -0.997. The van der Waals surface area contributed by atoms with Gasteiger partial charge in [-0.25, -0.2) is 24.5 Å². The van der Waals surface area contributed by atoms with Crippen LogP contribution in [-0.2, 0) is 40.0 Å². The number of aliphatic hydroxyl groups excluding tert-OH is 2. The minimum atomic E-state index is -4.93. The van der Waals surface area contributed by atoms with Crippen molar-refractivity contribution in [1.82, 2.24) is 39.0 Å². The van der Waals surface area contributed by atoms with Crippen LogP contribution in [0.3, 0.4) is 0 Å². The number of nitrogens with one attached hydrogen (secondary N) is 1. The van der Waals surface area contributed by atoms with Crippen molar-refractivity contribution in [3.05, 3.63) is 29.3 Å². The van der Waals surface area contributed by atoms with Gasteiger partial charge in [-0.1, -0.05) is 0 Å². The van der Waals surface area contributed by atoms with Crippen molar-refractivity contribution >= 4 is 72.2 Å². The smallest absolute Gasteiger partial charge is 0.389 e. The number of nitrogen functional groups attached to an aromatic ring is 2. The lowest BCUT2D eigenvalue weighted by molar-refractivity contribution is -0.0229. The van der Waals surface area contributed by atoms with E-state index < -0.39 is 79.1 Å². The Morgan fingerprint density at radius 3 is 2.63 bits per heavy atom. The SMILES string of the molecule is Nc1nc2c(ncn2[C@@H]2S[C@@H]3COP(O)(=S)O[C@@H]4[C@@H](COP(=O)(O)O[C@@H]2[C@@H]3O)[C@@H]2CC2(n2cnc3c(N)ncnc32)[C@@H]4O)c(=O)[nH]1. The summed E-state index contributed by atoms with van der Waals surface area (Å²) >= 11 is 6.36. The molecular weight excluding hydrogens is 690 g/mol. The number of phosphoric ester groups is 1. The minimum absolute atomic E-state index is 0.0402. The quantitative estimate of drug-likeness (QED) is 0.122. The van der Waals surface area contributed by atoms with Gasteiger partial charge in [0.15, 0.2) is 22.6 Å². The third-order valence-corrected chi connectivity index (χ3v) is 13.1. The number of anilines is 2. The van der Waals surface area contributed by atoms with Crippen molar-refractivity contribution in [2.45, 2.75) is 47.0 Å². The van der Waals surface area contributed by atoms with E-state index in [2.05, 4.69) is 29.9 Å². The van der Waals surface area contributed by atoms with Gasteiger partial charge in [-0.05, 0) is 24.1 Å². The van der Waals surface area contributed by atoms with E-state index in [9.17, 15) is 29.4 Å². The van der Waals surface area contributed by atoms with E-state index in [1.165, 1.54) is 23.5 Å². The molecule has 2 saturated carbocycles. The maximum Gasteiger partial charge on any atom is 0.472 e. The second-order valence-electron chi connectivity index (χ2n) is 11.5. The van der Waals surface area contributed by atoms with Gasteiger partial charge in [0.25, 0.3) is 5.56 Å². The average molecular weight is 717 g/mol. The Hall–Kier alpha value is -2.59. The normalized spacial score (nSPS) is 41.0. The van der Waals surface area contributed by atoms with Crippen molar-refractivity contribution in [2.75, 3.05) is 24.7 Å². The van der Waals surface area contributed by atoms with Crippen LogP contribution in [0.2, 0.25) is 0 Å². The third kappa shape index (κ3) is 4.66. The van der Waals surface area contributed by atoms with Gasteiger partial charge in [0.1, 0.15) is 35.5 Å². The Balaban J connectivity index is 1.14. The molecule has 4 aromatic heterocycles. The molecule has 246 valence electrons. The standard InChI is InChI=1S/C22H26N10O10P2S2/c23-16-10-17(26-4-25-16)32(6-28-10)22-1-8(22)7-2-39-43(36,37)41-14-12(33)9(3-40-44(38,45)42-13(7)15(22)34)46-20(14)31-5-27-11-18(31)29-21(24)30-19(11)35/h4-9,12-15,20,33-34H,1-3H2,(H,36,37)(H,38,45)(H2,23,25,26)(H3,24,29,30,35)/t7-,8-,9+,12+,13+,14+,15+,20+,22?,44?/m0/s1. The van der Waals surface area contributed by atoms with Crippen molar-refractivity contribution < 1.29 is 42.7 Å². The van der Waals surface area contributed by atoms with E-state index in [0.29, 0.717) is 17.6 Å². The van der Waals surface area contributed by atoms with Gasteiger partial charge >= 0.3 is 14.5 Å². The first kappa shape index (κ1) is 30.7. The van der Waals surface area contributed by atoms with Crippen LogP contribution in [0, 0.1) is 11.8 Å². The molecule has 11 atom stereocenters. The predicted molar refractivity (Wildman–Crippen MR) is 162 cm³/mol. The van der Waals surface area contributed by atoms with Crippen LogP contribution in [0.5, 0.6) is 0 Å². The highest BCUT2D eigenvalue weighted by Crippen LogP contribution is 2.68. The highest BCUT2D eigenvalue weighted by atomic mass is 32.5. The topological polar surface area (TPSA) is 294 Å². The molecule has 4 aromatic rings. The van der Waals surface area contributed by atoms with Crippen LogP contribution in [-0.4, -0.2) is 102 Å². The first-order chi connectivity index (χ1) is 21.8. The number of aliphatic hydroxyl groups is 2. The third-order valence-electron chi connectivity index (χ3n) is 8.98. The molecule has 4 fully saturated rings. The fourth-order valence-corrected chi connectivity index (χ4v) is 11.0. The number of thioether (sulfide) groups is 1. The summed E-state index contributed by atoms with van der Waals surface area (Å²) in [6.45, 7) is -4.94. The van der Waals surface area contributed by atoms with Crippen LogP contribution in [0.1, 0.15) is 11.8 Å². The number of hydrogen-bond donors (Lipinski definition) is 7. The molecule has 0 spiro atoms. The van der Waals surface area contributed by atoms with Gasteiger partial charge in [-0.15, -0.1) is 11.8 Å². The van der Waals surface area contributed by atoms with Crippen LogP contribution < -0.4 is 17.0 Å². The fraction of sp³-hybridized carbons (Fsp3) is 0.545. The fourth-order valence-electron chi connectivity index (χ4n) is 6.87. The predicted octanol–water partition coefficient (Wildman–Crippen LogP) is -1.06. The van der Waals surface area contributed by atoms with Gasteiger partial charge in [0.2, 0.25) is 5.95 Å². The molecule has 20 nitrogen and oxygen atoms in total. The number of nitrogens with zero attached hydrogens (tertiary/aromatic N) is 7. The van der Waals surface area contributed by atoms with E-state index in [1.54, 1.807) is 4.57 Å². The van der Waals surface area contributed by atoms with Crippen LogP contribution in [0.4, 0.5) is 11.8 Å².